The zero-order chi connectivity index (χ0) is 8.85. The highest BCUT2D eigenvalue weighted by Crippen LogP contribution is 2.06. The van der Waals surface area contributed by atoms with Gasteiger partial charge in [-0.2, -0.15) is 4.39 Å². The quantitative estimate of drug-likeness (QED) is 0.469. The Hall–Kier alpha value is -0.930. The maximum Gasteiger partial charge on any atom is 0.367 e. The molecule has 0 spiro atoms. The van der Waals surface area contributed by atoms with Crippen LogP contribution in [0, 0.1) is 0 Å². The van der Waals surface area contributed by atoms with E-state index in [-0.39, 0.29) is 12.2 Å². The summed E-state index contributed by atoms with van der Waals surface area (Å²) in [5.74, 6) is -2.04. The third-order valence-corrected chi connectivity index (χ3v) is 0.929. The van der Waals surface area contributed by atoms with Crippen molar-refractivity contribution in [3.8, 4) is 0 Å². The van der Waals surface area contributed by atoms with Crippen LogP contribution in [0.4, 0.5) is 8.78 Å². The molecule has 0 aliphatic rings. The number of esters is 1. The molecule has 0 amide bonds. The van der Waals surface area contributed by atoms with Crippen molar-refractivity contribution in [2.24, 2.45) is 0 Å². The van der Waals surface area contributed by atoms with Crippen LogP contribution in [0.25, 0.3) is 0 Å². The molecule has 0 N–H and O–H groups in total. The molecule has 0 bridgehead atoms. The fraction of sp³-hybridized carbons (Fsp3) is 0.571. The van der Waals surface area contributed by atoms with Crippen molar-refractivity contribution >= 4 is 5.97 Å². The van der Waals surface area contributed by atoms with Crippen molar-refractivity contribution in [1.82, 2.24) is 0 Å². The second kappa shape index (κ2) is 4.82. The highest BCUT2D eigenvalue weighted by molar-refractivity contribution is 5.86. The Morgan fingerprint density at radius 1 is 1.45 bits per heavy atom. The maximum atomic E-state index is 12.5. The Kier molecular flexibility index (Phi) is 4.41. The number of hydrogen-bond donors (Lipinski definition) is 0. The van der Waals surface area contributed by atoms with Crippen molar-refractivity contribution in [2.45, 2.75) is 13.8 Å². The molecule has 0 unspecified atom stereocenters. The number of halogens is 2. The lowest BCUT2D eigenvalue weighted by molar-refractivity contribution is -0.141. The largest absolute Gasteiger partial charge is 0.458 e. The van der Waals surface area contributed by atoms with E-state index in [1.807, 2.05) is 0 Å². The topological polar surface area (TPSA) is 26.3 Å². The summed E-state index contributed by atoms with van der Waals surface area (Å²) in [6.45, 7) is 1.69. The van der Waals surface area contributed by atoms with Gasteiger partial charge in [-0.3, -0.25) is 0 Å². The van der Waals surface area contributed by atoms with E-state index in [1.165, 1.54) is 13.8 Å². The molecule has 0 radical (unpaired) electrons. The van der Waals surface area contributed by atoms with Crippen molar-refractivity contribution in [3.63, 3.8) is 0 Å². The van der Waals surface area contributed by atoms with Crippen LogP contribution in [0.2, 0.25) is 0 Å². The summed E-state index contributed by atoms with van der Waals surface area (Å²) in [6, 6.07) is 0. The number of allylic oxidation sites excluding steroid dienone is 1. The first-order valence-electron chi connectivity index (χ1n) is 3.15. The fourth-order valence-electron chi connectivity index (χ4n) is 0.399. The molecular formula is C7H10F2O2. The molecule has 2 nitrogen and oxygen atoms in total. The van der Waals surface area contributed by atoms with Gasteiger partial charge in [0.05, 0.1) is 0 Å². The van der Waals surface area contributed by atoms with Gasteiger partial charge in [0.2, 0.25) is 5.83 Å². The van der Waals surface area contributed by atoms with Crippen LogP contribution in [0.15, 0.2) is 11.4 Å². The van der Waals surface area contributed by atoms with Crippen LogP contribution in [0.3, 0.4) is 0 Å². The third-order valence-electron chi connectivity index (χ3n) is 0.929. The van der Waals surface area contributed by atoms with Crippen LogP contribution in [0.5, 0.6) is 0 Å². The number of alkyl halides is 1. The van der Waals surface area contributed by atoms with Gasteiger partial charge >= 0.3 is 5.97 Å². The first-order valence-corrected chi connectivity index (χ1v) is 3.15. The van der Waals surface area contributed by atoms with E-state index in [9.17, 15) is 13.6 Å². The third kappa shape index (κ3) is 3.70. The summed E-state index contributed by atoms with van der Waals surface area (Å²) < 4.78 is 28.1. The molecule has 4 heteroatoms. The van der Waals surface area contributed by atoms with E-state index >= 15 is 0 Å². The van der Waals surface area contributed by atoms with Gasteiger partial charge in [0.25, 0.3) is 0 Å². The molecule has 0 aromatic rings. The van der Waals surface area contributed by atoms with E-state index in [0.717, 1.165) is 0 Å². The van der Waals surface area contributed by atoms with E-state index in [1.54, 1.807) is 0 Å². The van der Waals surface area contributed by atoms with E-state index in [2.05, 4.69) is 4.74 Å². The van der Waals surface area contributed by atoms with Gasteiger partial charge in [0.15, 0.2) is 0 Å². The normalized spacial score (nSPS) is 9.09. The molecule has 0 aliphatic carbocycles. The standard InChI is InChI=1S/C7H10F2O2/c1-5(2)6(9)7(10)11-4-3-8/h3-4H2,1-2H3. The number of carbonyl (C=O) groups excluding carboxylic acids is 1. The first-order chi connectivity index (χ1) is 5.09. The Bertz CT molecular complexity index is 171. The van der Waals surface area contributed by atoms with E-state index in [4.69, 9.17) is 0 Å². The summed E-state index contributed by atoms with van der Waals surface area (Å²) in [6.07, 6.45) is 0. The van der Waals surface area contributed by atoms with Gasteiger partial charge in [-0.25, -0.2) is 9.18 Å². The molecule has 0 aromatic heterocycles. The monoisotopic (exact) mass is 164 g/mol. The highest BCUT2D eigenvalue weighted by Gasteiger charge is 2.10. The second-order valence-corrected chi connectivity index (χ2v) is 2.14. The zero-order valence-corrected chi connectivity index (χ0v) is 6.49. The molecule has 0 atom stereocenters. The number of rotatable bonds is 3. The predicted molar refractivity (Wildman–Crippen MR) is 36.4 cm³/mol. The summed E-state index contributed by atoms with van der Waals surface area (Å²) in [5, 5.41) is 0. The Morgan fingerprint density at radius 3 is 2.36 bits per heavy atom. The molecular weight excluding hydrogens is 154 g/mol. The lowest BCUT2D eigenvalue weighted by Gasteiger charge is -1.99. The van der Waals surface area contributed by atoms with Gasteiger partial charge in [-0.1, -0.05) is 0 Å². The molecule has 0 saturated carbocycles. The molecule has 64 valence electrons. The van der Waals surface area contributed by atoms with Crippen LogP contribution in [-0.2, 0) is 9.53 Å². The van der Waals surface area contributed by atoms with Gasteiger partial charge in [0, 0.05) is 0 Å². The number of carbonyl (C=O) groups is 1. The maximum absolute atomic E-state index is 12.5. The Morgan fingerprint density at radius 2 is 2.00 bits per heavy atom. The highest BCUT2D eigenvalue weighted by atomic mass is 19.1. The average Bonchev–Trinajstić information content (AvgIpc) is 1.98. The van der Waals surface area contributed by atoms with Crippen molar-refractivity contribution in [3.05, 3.63) is 11.4 Å². The van der Waals surface area contributed by atoms with E-state index < -0.39 is 18.5 Å². The minimum absolute atomic E-state index is 0.230. The molecule has 0 aromatic carbocycles. The van der Waals surface area contributed by atoms with Crippen LogP contribution >= 0.6 is 0 Å². The number of ether oxygens (including phenoxy) is 1. The van der Waals surface area contributed by atoms with E-state index in [0.29, 0.717) is 0 Å². The molecule has 0 fully saturated rings. The average molecular weight is 164 g/mol. The smallest absolute Gasteiger partial charge is 0.367 e. The summed E-state index contributed by atoms with van der Waals surface area (Å²) in [7, 11) is 0. The van der Waals surface area contributed by atoms with Gasteiger partial charge in [-0.15, -0.1) is 0 Å². The van der Waals surface area contributed by atoms with Crippen LogP contribution in [-0.4, -0.2) is 19.3 Å². The molecule has 11 heavy (non-hydrogen) atoms. The molecule has 0 rings (SSSR count). The zero-order valence-electron chi connectivity index (χ0n) is 6.49. The minimum atomic E-state index is -1.09. The summed E-state index contributed by atoms with van der Waals surface area (Å²) in [4.78, 5) is 10.5. The molecule has 0 saturated heterocycles. The lowest BCUT2D eigenvalue weighted by atomic mass is 10.3. The second-order valence-electron chi connectivity index (χ2n) is 2.14. The Balaban J connectivity index is 3.95. The predicted octanol–water partition coefficient (Wildman–Crippen LogP) is 1.76. The SMILES string of the molecule is CC(C)=C(F)C(=O)OCCF. The lowest BCUT2D eigenvalue weighted by Crippen LogP contribution is -2.08. The molecule has 0 aliphatic heterocycles. The molecule has 0 heterocycles. The van der Waals surface area contributed by atoms with Crippen molar-refractivity contribution in [1.29, 1.82) is 0 Å². The summed E-state index contributed by atoms with van der Waals surface area (Å²) >= 11 is 0. The van der Waals surface area contributed by atoms with Gasteiger partial charge in [0.1, 0.15) is 13.3 Å². The summed E-state index contributed by atoms with van der Waals surface area (Å²) in [5.41, 5.74) is 0.230. The van der Waals surface area contributed by atoms with Crippen molar-refractivity contribution in [2.75, 3.05) is 13.3 Å². The van der Waals surface area contributed by atoms with Crippen LogP contribution < -0.4 is 0 Å². The number of hydrogen-bond acceptors (Lipinski definition) is 2. The first kappa shape index (κ1) is 10.1. The minimum Gasteiger partial charge on any atom is -0.458 e. The van der Waals surface area contributed by atoms with Gasteiger partial charge < -0.3 is 4.74 Å². The Labute approximate surface area is 63.8 Å². The van der Waals surface area contributed by atoms with Gasteiger partial charge in [-0.05, 0) is 19.4 Å². The van der Waals surface area contributed by atoms with Crippen LogP contribution in [0.1, 0.15) is 13.8 Å². The fourth-order valence-corrected chi connectivity index (χ4v) is 0.399. The van der Waals surface area contributed by atoms with Crippen molar-refractivity contribution < 1.29 is 18.3 Å².